The number of rotatable bonds is 5. The molecule has 4 nitrogen and oxygen atoms in total. The number of carbonyl (C=O) groups is 2. The third-order valence-electron chi connectivity index (χ3n) is 2.28. The van der Waals surface area contributed by atoms with Crippen molar-refractivity contribution in [2.75, 3.05) is 18.4 Å². The molecule has 100 valence electrons. The number of amides is 2. The van der Waals surface area contributed by atoms with Crippen LogP contribution in [0.1, 0.15) is 0 Å². The summed E-state index contributed by atoms with van der Waals surface area (Å²) < 4.78 is 0.900. The first-order chi connectivity index (χ1) is 9.08. The third kappa shape index (κ3) is 4.71. The molecule has 1 rings (SSSR count). The lowest BCUT2D eigenvalue weighted by Crippen LogP contribution is -2.39. The third-order valence-corrected chi connectivity index (χ3v) is 2.81. The molecule has 0 spiro atoms. The fourth-order valence-corrected chi connectivity index (χ4v) is 1.68. The zero-order valence-corrected chi connectivity index (χ0v) is 12.0. The Hall–Kier alpha value is -1.88. The van der Waals surface area contributed by atoms with Crippen LogP contribution in [0.25, 0.3) is 0 Å². The van der Waals surface area contributed by atoms with Gasteiger partial charge in [0.05, 0.1) is 0 Å². The van der Waals surface area contributed by atoms with Crippen molar-refractivity contribution in [3.05, 3.63) is 54.0 Å². The van der Waals surface area contributed by atoms with E-state index in [9.17, 15) is 9.59 Å². The number of hydrogen-bond donors (Lipinski definition) is 1. The molecule has 0 saturated heterocycles. The van der Waals surface area contributed by atoms with Gasteiger partial charge in [0.25, 0.3) is 0 Å². The molecular weight excluding hydrogens is 308 g/mol. The highest BCUT2D eigenvalue weighted by Gasteiger charge is 2.19. The molecular formula is C14H15BrN2O2. The van der Waals surface area contributed by atoms with E-state index in [-0.39, 0.29) is 0 Å². The van der Waals surface area contributed by atoms with Gasteiger partial charge in [-0.3, -0.25) is 9.59 Å². The molecule has 0 aliphatic carbocycles. The van der Waals surface area contributed by atoms with Crippen LogP contribution in [0.3, 0.4) is 0 Å². The molecule has 1 aromatic carbocycles. The number of halogens is 1. The highest BCUT2D eigenvalue weighted by molar-refractivity contribution is 9.10. The van der Waals surface area contributed by atoms with Crippen molar-refractivity contribution < 1.29 is 9.59 Å². The van der Waals surface area contributed by atoms with E-state index >= 15 is 0 Å². The molecule has 0 bridgehead atoms. The summed E-state index contributed by atoms with van der Waals surface area (Å²) in [6.07, 6.45) is 3.13. The van der Waals surface area contributed by atoms with Crippen molar-refractivity contribution in [3.63, 3.8) is 0 Å². The van der Waals surface area contributed by atoms with Crippen molar-refractivity contribution >= 4 is 33.4 Å². The van der Waals surface area contributed by atoms with Gasteiger partial charge < -0.3 is 10.2 Å². The zero-order valence-electron chi connectivity index (χ0n) is 10.4. The van der Waals surface area contributed by atoms with Gasteiger partial charge in [-0.1, -0.05) is 28.1 Å². The Kier molecular flexibility index (Phi) is 6.02. The molecule has 2 amide bonds. The molecule has 0 saturated carbocycles. The average Bonchev–Trinajstić information content (AvgIpc) is 2.40. The Morgan fingerprint density at radius 1 is 1.16 bits per heavy atom. The average molecular weight is 323 g/mol. The highest BCUT2D eigenvalue weighted by Crippen LogP contribution is 2.14. The number of benzene rings is 1. The number of nitrogens with zero attached hydrogens (tertiary/aromatic N) is 1. The van der Waals surface area contributed by atoms with Crippen molar-refractivity contribution in [2.45, 2.75) is 0 Å². The molecule has 0 aliphatic rings. The maximum atomic E-state index is 11.9. The van der Waals surface area contributed by atoms with Gasteiger partial charge in [-0.25, -0.2) is 0 Å². The van der Waals surface area contributed by atoms with Gasteiger partial charge >= 0.3 is 11.8 Å². The van der Waals surface area contributed by atoms with Crippen molar-refractivity contribution in [2.24, 2.45) is 0 Å². The first kappa shape index (κ1) is 15.2. The second kappa shape index (κ2) is 7.53. The second-order valence-electron chi connectivity index (χ2n) is 3.75. The Morgan fingerprint density at radius 3 is 2.16 bits per heavy atom. The first-order valence-corrected chi connectivity index (χ1v) is 6.45. The molecule has 1 N–H and O–H groups in total. The lowest BCUT2D eigenvalue weighted by atomic mass is 10.3. The van der Waals surface area contributed by atoms with Crippen LogP contribution in [0.5, 0.6) is 0 Å². The van der Waals surface area contributed by atoms with Gasteiger partial charge in [0, 0.05) is 23.2 Å². The highest BCUT2D eigenvalue weighted by atomic mass is 79.9. The maximum Gasteiger partial charge on any atom is 0.313 e. The van der Waals surface area contributed by atoms with E-state index < -0.39 is 11.8 Å². The molecule has 1 aromatic rings. The molecule has 0 unspecified atom stereocenters. The summed E-state index contributed by atoms with van der Waals surface area (Å²) in [4.78, 5) is 25.1. The fourth-order valence-electron chi connectivity index (χ4n) is 1.41. The predicted octanol–water partition coefficient (Wildman–Crippen LogP) is 2.59. The normalized spacial score (nSPS) is 9.53. The fraction of sp³-hybridized carbons (Fsp3) is 0.143. The Balaban J connectivity index is 2.70. The molecule has 19 heavy (non-hydrogen) atoms. The molecule has 0 aliphatic heterocycles. The molecule has 0 atom stereocenters. The minimum atomic E-state index is -0.675. The molecule has 0 fully saturated rings. The molecule has 5 heteroatoms. The monoisotopic (exact) mass is 322 g/mol. The van der Waals surface area contributed by atoms with Gasteiger partial charge in [0.2, 0.25) is 0 Å². The van der Waals surface area contributed by atoms with Crippen LogP contribution < -0.4 is 5.32 Å². The van der Waals surface area contributed by atoms with E-state index in [2.05, 4.69) is 34.4 Å². The standard InChI is InChI=1S/C14H15BrN2O2/c1-3-9-17(10-4-2)14(19)13(18)16-12-7-5-11(15)6-8-12/h3-8H,1-2,9-10H2,(H,16,18). The van der Waals surface area contributed by atoms with Crippen LogP contribution in [-0.4, -0.2) is 29.8 Å². The Bertz CT molecular complexity index is 473. The van der Waals surface area contributed by atoms with Crippen LogP contribution in [0, 0.1) is 0 Å². The first-order valence-electron chi connectivity index (χ1n) is 5.66. The smallest absolute Gasteiger partial charge is 0.313 e. The van der Waals surface area contributed by atoms with Crippen molar-refractivity contribution in [1.82, 2.24) is 4.90 Å². The second-order valence-corrected chi connectivity index (χ2v) is 4.66. The molecule has 0 radical (unpaired) electrons. The van der Waals surface area contributed by atoms with E-state index in [1.807, 2.05) is 0 Å². The van der Waals surface area contributed by atoms with E-state index in [1.54, 1.807) is 36.4 Å². The van der Waals surface area contributed by atoms with Crippen molar-refractivity contribution in [3.8, 4) is 0 Å². The van der Waals surface area contributed by atoms with Gasteiger partial charge in [-0.15, -0.1) is 13.2 Å². The number of carbonyl (C=O) groups excluding carboxylic acids is 2. The predicted molar refractivity (Wildman–Crippen MR) is 79.7 cm³/mol. The van der Waals surface area contributed by atoms with Crippen LogP contribution in [0.15, 0.2) is 54.0 Å². The summed E-state index contributed by atoms with van der Waals surface area (Å²) in [7, 11) is 0. The topological polar surface area (TPSA) is 49.4 Å². The van der Waals surface area contributed by atoms with E-state index in [4.69, 9.17) is 0 Å². The van der Waals surface area contributed by atoms with Gasteiger partial charge in [0.1, 0.15) is 0 Å². The van der Waals surface area contributed by atoms with Crippen LogP contribution in [0.4, 0.5) is 5.69 Å². The minimum Gasteiger partial charge on any atom is -0.327 e. The quantitative estimate of drug-likeness (QED) is 0.669. The summed E-state index contributed by atoms with van der Waals surface area (Å²) in [5.74, 6) is -1.28. The van der Waals surface area contributed by atoms with Crippen LogP contribution >= 0.6 is 15.9 Å². The van der Waals surface area contributed by atoms with Gasteiger partial charge in [-0.05, 0) is 24.3 Å². The number of hydrogen-bond acceptors (Lipinski definition) is 2. The Morgan fingerprint density at radius 2 is 1.68 bits per heavy atom. The van der Waals surface area contributed by atoms with Gasteiger partial charge in [-0.2, -0.15) is 0 Å². The van der Waals surface area contributed by atoms with Crippen LogP contribution in [0.2, 0.25) is 0 Å². The Labute approximate surface area is 120 Å². The minimum absolute atomic E-state index is 0.304. The number of anilines is 1. The zero-order chi connectivity index (χ0) is 14.3. The van der Waals surface area contributed by atoms with Crippen molar-refractivity contribution in [1.29, 1.82) is 0 Å². The summed E-state index contributed by atoms with van der Waals surface area (Å²) in [6.45, 7) is 7.71. The van der Waals surface area contributed by atoms with Gasteiger partial charge in [0.15, 0.2) is 0 Å². The van der Waals surface area contributed by atoms with Crippen LogP contribution in [-0.2, 0) is 9.59 Å². The lowest BCUT2D eigenvalue weighted by Gasteiger charge is -2.18. The van der Waals surface area contributed by atoms with E-state index in [1.165, 1.54) is 4.90 Å². The molecule has 0 heterocycles. The summed E-state index contributed by atoms with van der Waals surface area (Å²) in [5, 5.41) is 2.55. The largest absolute Gasteiger partial charge is 0.327 e. The van der Waals surface area contributed by atoms with E-state index in [0.29, 0.717) is 18.8 Å². The maximum absolute atomic E-state index is 11.9. The summed E-state index contributed by atoms with van der Waals surface area (Å²) >= 11 is 3.29. The number of nitrogens with one attached hydrogen (secondary N) is 1. The summed E-state index contributed by atoms with van der Waals surface area (Å²) in [6, 6.07) is 6.98. The lowest BCUT2D eigenvalue weighted by molar-refractivity contribution is -0.142. The summed E-state index contributed by atoms with van der Waals surface area (Å²) in [5.41, 5.74) is 0.568. The van der Waals surface area contributed by atoms with E-state index in [0.717, 1.165) is 4.47 Å². The molecule has 0 aromatic heterocycles. The SMILES string of the molecule is C=CCN(CC=C)C(=O)C(=O)Nc1ccc(Br)cc1.